The van der Waals surface area contributed by atoms with Crippen molar-refractivity contribution in [2.24, 2.45) is 0 Å². The fourth-order valence-corrected chi connectivity index (χ4v) is 1.67. The summed E-state index contributed by atoms with van der Waals surface area (Å²) in [5, 5.41) is 13.5. The van der Waals surface area contributed by atoms with Crippen LogP contribution in [0.25, 0.3) is 5.95 Å². The van der Waals surface area contributed by atoms with Crippen LogP contribution in [0.15, 0.2) is 6.20 Å². The van der Waals surface area contributed by atoms with E-state index < -0.39 is 0 Å². The molecular weight excluding hydrogens is 230 g/mol. The molecule has 0 fully saturated rings. The van der Waals surface area contributed by atoms with Gasteiger partial charge in [0.25, 0.3) is 5.95 Å². The van der Waals surface area contributed by atoms with Gasteiger partial charge in [-0.05, 0) is 6.92 Å². The lowest BCUT2D eigenvalue weighted by Gasteiger charge is -2.05. The Balaban J connectivity index is 2.47. The predicted octanol–water partition coefficient (Wildman–Crippen LogP) is 0.983. The van der Waals surface area contributed by atoms with Crippen LogP contribution in [0.4, 0.5) is 0 Å². The highest BCUT2D eigenvalue weighted by Gasteiger charge is 2.12. The Morgan fingerprint density at radius 3 is 2.56 bits per heavy atom. The number of hydrogen-bond acceptors (Lipinski definition) is 5. The standard InChI is InChI=1S/C12H17N5O/c1-4-10-15-11(5-2)17(16-10)12-13-6-9(7-18)8(3)14-12/h6,18H,4-5,7H2,1-3H3. The van der Waals surface area contributed by atoms with E-state index in [9.17, 15) is 0 Å². The van der Waals surface area contributed by atoms with Crippen molar-refractivity contribution < 1.29 is 5.11 Å². The van der Waals surface area contributed by atoms with Gasteiger partial charge in [-0.15, -0.1) is 5.10 Å². The van der Waals surface area contributed by atoms with Crippen molar-refractivity contribution in [1.82, 2.24) is 24.7 Å². The van der Waals surface area contributed by atoms with E-state index in [0.29, 0.717) is 5.95 Å². The highest BCUT2D eigenvalue weighted by molar-refractivity contribution is 5.21. The molecule has 2 rings (SSSR count). The summed E-state index contributed by atoms with van der Waals surface area (Å²) in [6.45, 7) is 5.83. The molecule has 0 spiro atoms. The average molecular weight is 247 g/mol. The van der Waals surface area contributed by atoms with Crippen molar-refractivity contribution in [2.75, 3.05) is 0 Å². The monoisotopic (exact) mass is 247 g/mol. The van der Waals surface area contributed by atoms with Gasteiger partial charge in [-0.3, -0.25) is 0 Å². The summed E-state index contributed by atoms with van der Waals surface area (Å²) in [6.07, 6.45) is 3.19. The Bertz CT molecular complexity index is 549. The first-order chi connectivity index (χ1) is 8.69. The second-order valence-electron chi connectivity index (χ2n) is 4.00. The van der Waals surface area contributed by atoms with Gasteiger partial charge in [0.15, 0.2) is 5.82 Å². The van der Waals surface area contributed by atoms with Crippen molar-refractivity contribution in [3.05, 3.63) is 29.1 Å². The van der Waals surface area contributed by atoms with E-state index in [-0.39, 0.29) is 6.61 Å². The van der Waals surface area contributed by atoms with Gasteiger partial charge in [0, 0.05) is 30.3 Å². The summed E-state index contributed by atoms with van der Waals surface area (Å²) in [5.41, 5.74) is 1.49. The lowest BCUT2D eigenvalue weighted by Crippen LogP contribution is -2.09. The summed E-state index contributed by atoms with van der Waals surface area (Å²) in [6, 6.07) is 0. The second-order valence-corrected chi connectivity index (χ2v) is 4.00. The molecule has 2 heterocycles. The molecule has 0 aliphatic carbocycles. The molecule has 0 radical (unpaired) electrons. The lowest BCUT2D eigenvalue weighted by molar-refractivity contribution is 0.280. The van der Waals surface area contributed by atoms with Crippen molar-refractivity contribution in [3.8, 4) is 5.95 Å². The maximum absolute atomic E-state index is 9.11. The molecule has 0 aromatic carbocycles. The Hall–Kier alpha value is -1.82. The number of rotatable bonds is 4. The van der Waals surface area contributed by atoms with Gasteiger partial charge in [0.2, 0.25) is 0 Å². The Kier molecular flexibility index (Phi) is 3.66. The third-order valence-corrected chi connectivity index (χ3v) is 2.78. The smallest absolute Gasteiger partial charge is 0.252 e. The van der Waals surface area contributed by atoms with Crippen LogP contribution in [0.5, 0.6) is 0 Å². The minimum absolute atomic E-state index is 0.0513. The quantitative estimate of drug-likeness (QED) is 0.871. The molecule has 1 N–H and O–H groups in total. The molecule has 0 bridgehead atoms. The van der Waals surface area contributed by atoms with Crippen molar-refractivity contribution >= 4 is 0 Å². The summed E-state index contributed by atoms with van der Waals surface area (Å²) in [7, 11) is 0. The average Bonchev–Trinajstić information content (AvgIpc) is 2.82. The molecule has 0 saturated heterocycles. The van der Waals surface area contributed by atoms with Gasteiger partial charge in [0.1, 0.15) is 5.82 Å². The summed E-state index contributed by atoms with van der Waals surface area (Å²) >= 11 is 0. The van der Waals surface area contributed by atoms with E-state index in [4.69, 9.17) is 5.11 Å². The molecule has 0 atom stereocenters. The van der Waals surface area contributed by atoms with E-state index in [1.165, 1.54) is 0 Å². The number of aryl methyl sites for hydroxylation is 3. The van der Waals surface area contributed by atoms with Gasteiger partial charge in [-0.1, -0.05) is 13.8 Å². The van der Waals surface area contributed by atoms with E-state index >= 15 is 0 Å². The van der Waals surface area contributed by atoms with Crippen LogP contribution in [0.3, 0.4) is 0 Å². The minimum Gasteiger partial charge on any atom is -0.392 e. The van der Waals surface area contributed by atoms with Gasteiger partial charge in [-0.25, -0.2) is 15.0 Å². The topological polar surface area (TPSA) is 76.7 Å². The van der Waals surface area contributed by atoms with Crippen molar-refractivity contribution in [1.29, 1.82) is 0 Å². The number of aromatic nitrogens is 5. The molecule has 2 aromatic rings. The first-order valence-corrected chi connectivity index (χ1v) is 6.08. The van der Waals surface area contributed by atoms with Gasteiger partial charge in [0.05, 0.1) is 6.61 Å². The van der Waals surface area contributed by atoms with E-state index in [1.807, 2.05) is 20.8 Å². The molecule has 18 heavy (non-hydrogen) atoms. The number of nitrogens with zero attached hydrogens (tertiary/aromatic N) is 5. The number of hydrogen-bond donors (Lipinski definition) is 1. The van der Waals surface area contributed by atoms with Crippen molar-refractivity contribution in [3.63, 3.8) is 0 Å². The molecule has 0 saturated carbocycles. The minimum atomic E-state index is -0.0513. The summed E-state index contributed by atoms with van der Waals surface area (Å²) in [4.78, 5) is 13.0. The molecule has 6 heteroatoms. The molecule has 0 unspecified atom stereocenters. The molecule has 96 valence electrons. The molecule has 0 aliphatic heterocycles. The molecule has 0 aliphatic rings. The van der Waals surface area contributed by atoms with E-state index in [0.717, 1.165) is 35.7 Å². The fourth-order valence-electron chi connectivity index (χ4n) is 1.67. The highest BCUT2D eigenvalue weighted by atomic mass is 16.3. The predicted molar refractivity (Wildman–Crippen MR) is 66.4 cm³/mol. The van der Waals surface area contributed by atoms with Crippen LogP contribution in [0.2, 0.25) is 0 Å². The third-order valence-electron chi connectivity index (χ3n) is 2.78. The number of aliphatic hydroxyl groups is 1. The van der Waals surface area contributed by atoms with Crippen LogP contribution >= 0.6 is 0 Å². The van der Waals surface area contributed by atoms with E-state index in [2.05, 4.69) is 20.1 Å². The Labute approximate surface area is 106 Å². The zero-order chi connectivity index (χ0) is 13.1. The third kappa shape index (κ3) is 2.24. The maximum Gasteiger partial charge on any atom is 0.252 e. The first-order valence-electron chi connectivity index (χ1n) is 6.08. The highest BCUT2D eigenvalue weighted by Crippen LogP contribution is 2.10. The molecule has 2 aromatic heterocycles. The summed E-state index contributed by atoms with van der Waals surface area (Å²) in [5.74, 6) is 2.15. The van der Waals surface area contributed by atoms with Gasteiger partial charge in [-0.2, -0.15) is 4.68 Å². The first kappa shape index (κ1) is 12.6. The molecule has 6 nitrogen and oxygen atoms in total. The molecular formula is C12H17N5O. The maximum atomic E-state index is 9.11. The normalized spacial score (nSPS) is 10.9. The zero-order valence-corrected chi connectivity index (χ0v) is 10.9. The van der Waals surface area contributed by atoms with Crippen LogP contribution in [-0.2, 0) is 19.4 Å². The van der Waals surface area contributed by atoms with Crippen LogP contribution in [0, 0.1) is 6.92 Å². The fraction of sp³-hybridized carbons (Fsp3) is 0.500. The number of aliphatic hydroxyl groups excluding tert-OH is 1. The lowest BCUT2D eigenvalue weighted by atomic mass is 10.3. The van der Waals surface area contributed by atoms with Crippen molar-refractivity contribution in [2.45, 2.75) is 40.2 Å². The van der Waals surface area contributed by atoms with Gasteiger partial charge < -0.3 is 5.11 Å². The zero-order valence-electron chi connectivity index (χ0n) is 10.9. The summed E-state index contributed by atoms with van der Waals surface area (Å²) < 4.78 is 1.67. The SMILES string of the molecule is CCc1nc(CC)n(-c2ncc(CO)c(C)n2)n1. The van der Waals surface area contributed by atoms with Gasteiger partial charge >= 0.3 is 0 Å². The van der Waals surface area contributed by atoms with E-state index in [1.54, 1.807) is 10.9 Å². The van der Waals surface area contributed by atoms with Crippen LogP contribution in [-0.4, -0.2) is 29.8 Å². The largest absolute Gasteiger partial charge is 0.392 e. The van der Waals surface area contributed by atoms with Crippen LogP contribution in [0.1, 0.15) is 36.8 Å². The Morgan fingerprint density at radius 1 is 1.22 bits per heavy atom. The molecule has 0 amide bonds. The Morgan fingerprint density at radius 2 is 2.00 bits per heavy atom. The second kappa shape index (κ2) is 5.22. The van der Waals surface area contributed by atoms with Crippen LogP contribution < -0.4 is 0 Å².